The molecule has 8 heteroatoms. The van der Waals surface area contributed by atoms with Gasteiger partial charge >= 0.3 is 0 Å². The first-order valence-electron chi connectivity index (χ1n) is 9.78. The Morgan fingerprint density at radius 2 is 2.23 bits per heavy atom. The topological polar surface area (TPSA) is 88.4 Å². The number of amides is 1. The summed E-state index contributed by atoms with van der Waals surface area (Å²) in [5.41, 5.74) is 2.13. The van der Waals surface area contributed by atoms with E-state index >= 15 is 0 Å². The molecule has 7 nitrogen and oxygen atoms in total. The van der Waals surface area contributed by atoms with Crippen LogP contribution in [0, 0.1) is 0 Å². The molecule has 1 amide bonds. The molecule has 1 aliphatic heterocycles. The minimum Gasteiger partial charge on any atom is -0.394 e. The number of nitrogens with zero attached hydrogens (tertiary/aromatic N) is 2. The van der Waals surface area contributed by atoms with Gasteiger partial charge in [-0.25, -0.2) is 4.98 Å². The van der Waals surface area contributed by atoms with Crippen molar-refractivity contribution in [1.29, 1.82) is 0 Å². The zero-order valence-corrected chi connectivity index (χ0v) is 17.0. The molecule has 30 heavy (non-hydrogen) atoms. The van der Waals surface area contributed by atoms with Crippen molar-refractivity contribution < 1.29 is 14.6 Å². The summed E-state index contributed by atoms with van der Waals surface area (Å²) in [6.45, 7) is 1.22. The third-order valence-corrected chi connectivity index (χ3v) is 5.25. The van der Waals surface area contributed by atoms with E-state index in [-0.39, 0.29) is 18.6 Å². The van der Waals surface area contributed by atoms with Gasteiger partial charge in [0, 0.05) is 36.3 Å². The number of aliphatic hydroxyl groups excluding tert-OH is 1. The van der Waals surface area contributed by atoms with Gasteiger partial charge in [-0.2, -0.15) is 0 Å². The van der Waals surface area contributed by atoms with Crippen LogP contribution in [0.15, 0.2) is 61.1 Å². The standard InChI is InChI=1S/C22H23ClN4O3/c23-17-3-1-2-15(10-17)20(13-28)26-22(29)16-5-8-27(12-16)19-4-7-24-21(11-19)25-18-6-9-30-14-18/h1-5,7-8,10-12,18,20,28H,6,9,13-14H2,(H,24,25)(H,26,29)/t18?,20-/m1/s1. The highest BCUT2D eigenvalue weighted by atomic mass is 35.5. The van der Waals surface area contributed by atoms with Crippen LogP contribution in [0.3, 0.4) is 0 Å². The molecule has 0 spiro atoms. The van der Waals surface area contributed by atoms with Crippen molar-refractivity contribution in [3.8, 4) is 5.69 Å². The van der Waals surface area contributed by atoms with Gasteiger partial charge in [-0.3, -0.25) is 4.79 Å². The van der Waals surface area contributed by atoms with Gasteiger partial charge in [0.1, 0.15) is 5.82 Å². The molecule has 4 rings (SSSR count). The van der Waals surface area contributed by atoms with Gasteiger partial charge in [0.25, 0.3) is 5.91 Å². The van der Waals surface area contributed by atoms with Crippen LogP contribution < -0.4 is 10.6 Å². The van der Waals surface area contributed by atoms with Crippen LogP contribution in [0.2, 0.25) is 5.02 Å². The van der Waals surface area contributed by atoms with E-state index in [9.17, 15) is 9.90 Å². The lowest BCUT2D eigenvalue weighted by atomic mass is 10.1. The monoisotopic (exact) mass is 426 g/mol. The van der Waals surface area contributed by atoms with Crippen LogP contribution >= 0.6 is 11.6 Å². The number of hydrogen-bond donors (Lipinski definition) is 3. The van der Waals surface area contributed by atoms with Gasteiger partial charge in [-0.05, 0) is 36.2 Å². The van der Waals surface area contributed by atoms with Crippen LogP contribution in [0.4, 0.5) is 5.82 Å². The molecule has 0 radical (unpaired) electrons. The second-order valence-corrected chi connectivity index (χ2v) is 7.61. The van der Waals surface area contributed by atoms with Gasteiger partial charge < -0.3 is 25.0 Å². The van der Waals surface area contributed by atoms with E-state index in [0.29, 0.717) is 17.2 Å². The number of pyridine rings is 1. The predicted octanol–water partition coefficient (Wildman–Crippen LogP) is 3.19. The molecule has 1 fully saturated rings. The second-order valence-electron chi connectivity index (χ2n) is 7.18. The quantitative estimate of drug-likeness (QED) is 0.540. The lowest BCUT2D eigenvalue weighted by Crippen LogP contribution is -2.30. The van der Waals surface area contributed by atoms with E-state index in [2.05, 4.69) is 15.6 Å². The summed E-state index contributed by atoms with van der Waals surface area (Å²) in [6.07, 6.45) is 6.26. The molecule has 3 N–H and O–H groups in total. The van der Waals surface area contributed by atoms with Crippen LogP contribution in [0.1, 0.15) is 28.4 Å². The smallest absolute Gasteiger partial charge is 0.253 e. The molecule has 1 aliphatic rings. The van der Waals surface area contributed by atoms with Gasteiger partial charge in [0.15, 0.2) is 0 Å². The summed E-state index contributed by atoms with van der Waals surface area (Å²) in [4.78, 5) is 17.1. The maximum absolute atomic E-state index is 12.7. The number of anilines is 1. The SMILES string of the molecule is O=C(N[C@H](CO)c1cccc(Cl)c1)c1ccn(-c2ccnc(NC3CCOC3)c2)c1. The fraction of sp³-hybridized carbons (Fsp3) is 0.273. The van der Waals surface area contributed by atoms with Gasteiger partial charge in [0.05, 0.1) is 36.5 Å². The summed E-state index contributed by atoms with van der Waals surface area (Å²) in [5, 5.41) is 16.5. The molecule has 1 unspecified atom stereocenters. The highest BCUT2D eigenvalue weighted by Gasteiger charge is 2.17. The van der Waals surface area contributed by atoms with E-state index in [1.165, 1.54) is 0 Å². The molecule has 0 aliphatic carbocycles. The molecule has 156 valence electrons. The number of ether oxygens (including phenoxy) is 1. The largest absolute Gasteiger partial charge is 0.394 e. The predicted molar refractivity (Wildman–Crippen MR) is 115 cm³/mol. The van der Waals surface area contributed by atoms with Crippen LogP contribution in [0.5, 0.6) is 0 Å². The summed E-state index contributed by atoms with van der Waals surface area (Å²) >= 11 is 6.02. The van der Waals surface area contributed by atoms with Gasteiger partial charge in [0.2, 0.25) is 0 Å². The zero-order valence-electron chi connectivity index (χ0n) is 16.3. The molecule has 0 bridgehead atoms. The number of hydrogen-bond acceptors (Lipinski definition) is 5. The Balaban J connectivity index is 1.46. The summed E-state index contributed by atoms with van der Waals surface area (Å²) in [7, 11) is 0. The van der Waals surface area contributed by atoms with Crippen molar-refractivity contribution >= 4 is 23.3 Å². The fourth-order valence-corrected chi connectivity index (χ4v) is 3.61. The number of nitrogens with one attached hydrogen (secondary N) is 2. The van der Waals surface area contributed by atoms with Crippen molar-refractivity contribution in [3.63, 3.8) is 0 Å². The second kappa shape index (κ2) is 9.30. The normalized spacial score (nSPS) is 16.9. The lowest BCUT2D eigenvalue weighted by Gasteiger charge is -2.16. The first-order chi connectivity index (χ1) is 14.6. The number of carbonyl (C=O) groups excluding carboxylic acids is 1. The molecule has 0 saturated carbocycles. The van der Waals surface area contributed by atoms with E-state index in [1.807, 2.05) is 29.0 Å². The van der Waals surface area contributed by atoms with Crippen LogP contribution in [-0.4, -0.2) is 46.4 Å². The third-order valence-electron chi connectivity index (χ3n) is 5.02. The minimum atomic E-state index is -0.537. The van der Waals surface area contributed by atoms with Gasteiger partial charge in [-0.1, -0.05) is 23.7 Å². The average Bonchev–Trinajstić information content (AvgIpc) is 3.44. The molecular weight excluding hydrogens is 404 g/mol. The van der Waals surface area contributed by atoms with Crippen LogP contribution in [-0.2, 0) is 4.74 Å². The van der Waals surface area contributed by atoms with Crippen LogP contribution in [0.25, 0.3) is 5.69 Å². The van der Waals surface area contributed by atoms with Crippen molar-refractivity contribution in [1.82, 2.24) is 14.9 Å². The average molecular weight is 427 g/mol. The van der Waals surface area contributed by atoms with Gasteiger partial charge in [-0.15, -0.1) is 0 Å². The number of carbonyl (C=O) groups is 1. The molecule has 2 aromatic heterocycles. The summed E-state index contributed by atoms with van der Waals surface area (Å²) < 4.78 is 7.25. The first-order valence-corrected chi connectivity index (χ1v) is 10.2. The third kappa shape index (κ3) is 4.81. The Bertz CT molecular complexity index is 1020. The maximum atomic E-state index is 12.7. The molecule has 2 atom stereocenters. The Morgan fingerprint density at radius 3 is 3.00 bits per heavy atom. The summed E-state index contributed by atoms with van der Waals surface area (Å²) in [5.74, 6) is 0.493. The molecule has 3 heterocycles. The molecule has 1 saturated heterocycles. The summed E-state index contributed by atoms with van der Waals surface area (Å²) in [6, 6.07) is 12.4. The van der Waals surface area contributed by atoms with E-state index in [1.54, 1.807) is 36.7 Å². The highest BCUT2D eigenvalue weighted by Crippen LogP contribution is 2.20. The number of aromatic nitrogens is 2. The molecular formula is C22H23ClN4O3. The van der Waals surface area contributed by atoms with Crippen molar-refractivity contribution in [2.75, 3.05) is 25.1 Å². The maximum Gasteiger partial charge on any atom is 0.253 e. The zero-order chi connectivity index (χ0) is 20.9. The minimum absolute atomic E-state index is 0.225. The Hall–Kier alpha value is -2.87. The number of rotatable bonds is 7. The Morgan fingerprint density at radius 1 is 1.33 bits per heavy atom. The van der Waals surface area contributed by atoms with E-state index < -0.39 is 6.04 Å². The van der Waals surface area contributed by atoms with Crippen molar-refractivity contribution in [3.05, 3.63) is 77.2 Å². The van der Waals surface area contributed by atoms with E-state index in [0.717, 1.165) is 30.1 Å². The lowest BCUT2D eigenvalue weighted by molar-refractivity contribution is 0.0916. The number of aliphatic hydroxyl groups is 1. The highest BCUT2D eigenvalue weighted by molar-refractivity contribution is 6.30. The van der Waals surface area contributed by atoms with Crippen molar-refractivity contribution in [2.24, 2.45) is 0 Å². The Kier molecular flexibility index (Phi) is 6.32. The fourth-order valence-electron chi connectivity index (χ4n) is 3.41. The Labute approximate surface area is 179 Å². The first kappa shape index (κ1) is 20.4. The van der Waals surface area contributed by atoms with Crippen molar-refractivity contribution in [2.45, 2.75) is 18.5 Å². The van der Waals surface area contributed by atoms with E-state index in [4.69, 9.17) is 16.3 Å². The number of halogens is 1. The number of benzene rings is 1. The molecule has 1 aromatic carbocycles. The molecule has 3 aromatic rings.